The van der Waals surface area contributed by atoms with Gasteiger partial charge in [-0.15, -0.1) is 0 Å². The molecular formula is C16H22N2O. The molecule has 102 valence electrons. The first kappa shape index (κ1) is 12.5. The summed E-state index contributed by atoms with van der Waals surface area (Å²) in [5.74, 6) is 0.491. The number of hydrogen-bond donors (Lipinski definition) is 2. The number of fused-ring (bicyclic) bond motifs is 1. The first-order valence-electron chi connectivity index (χ1n) is 7.45. The first-order chi connectivity index (χ1) is 9.33. The number of aryl methyl sites for hydroxylation is 1. The highest BCUT2D eigenvalue weighted by atomic mass is 16.2. The van der Waals surface area contributed by atoms with Crippen LogP contribution in [0.2, 0.25) is 0 Å². The largest absolute Gasteiger partial charge is 0.338 e. The fraction of sp³-hybridized carbons (Fsp3) is 0.562. The fourth-order valence-electron chi connectivity index (χ4n) is 3.38. The standard InChI is InChI=1S/C16H22N2O/c19-16(18-14-6-2-3-7-14)17-11-13-10-9-12-5-1-4-8-15(12)13/h1,4-5,8,13-14H,2-3,6-7,9-11H2,(H2,17,18,19). The third-order valence-electron chi connectivity index (χ3n) is 4.46. The second kappa shape index (κ2) is 5.64. The van der Waals surface area contributed by atoms with Gasteiger partial charge in [0.2, 0.25) is 0 Å². The minimum Gasteiger partial charge on any atom is -0.338 e. The van der Waals surface area contributed by atoms with Gasteiger partial charge in [0.15, 0.2) is 0 Å². The molecule has 2 aliphatic rings. The number of carbonyl (C=O) groups is 1. The molecule has 0 saturated heterocycles. The zero-order valence-corrected chi connectivity index (χ0v) is 11.3. The summed E-state index contributed by atoms with van der Waals surface area (Å²) in [4.78, 5) is 11.8. The smallest absolute Gasteiger partial charge is 0.315 e. The summed E-state index contributed by atoms with van der Waals surface area (Å²) in [7, 11) is 0. The van der Waals surface area contributed by atoms with E-state index in [2.05, 4.69) is 34.9 Å². The molecule has 1 aromatic carbocycles. The van der Waals surface area contributed by atoms with E-state index in [9.17, 15) is 4.79 Å². The normalized spacial score (nSPS) is 22.2. The zero-order chi connectivity index (χ0) is 13.1. The maximum absolute atomic E-state index is 11.8. The lowest BCUT2D eigenvalue weighted by atomic mass is 10.0. The van der Waals surface area contributed by atoms with Gasteiger partial charge in [-0.3, -0.25) is 0 Å². The summed E-state index contributed by atoms with van der Waals surface area (Å²) in [6, 6.07) is 9.00. The number of rotatable bonds is 3. The molecule has 3 rings (SSSR count). The Morgan fingerprint density at radius 3 is 2.79 bits per heavy atom. The van der Waals surface area contributed by atoms with E-state index in [1.54, 1.807) is 0 Å². The molecule has 3 nitrogen and oxygen atoms in total. The highest BCUT2D eigenvalue weighted by Crippen LogP contribution is 2.32. The summed E-state index contributed by atoms with van der Waals surface area (Å²) < 4.78 is 0. The Balaban J connectivity index is 1.49. The van der Waals surface area contributed by atoms with Gasteiger partial charge >= 0.3 is 6.03 Å². The SMILES string of the molecule is O=C(NCC1CCc2ccccc21)NC1CCCC1. The van der Waals surface area contributed by atoms with Crippen LogP contribution in [0.1, 0.15) is 49.1 Å². The third kappa shape index (κ3) is 2.91. The van der Waals surface area contributed by atoms with Crippen LogP contribution < -0.4 is 10.6 Å². The Morgan fingerprint density at radius 1 is 1.16 bits per heavy atom. The van der Waals surface area contributed by atoms with Gasteiger partial charge in [-0.1, -0.05) is 37.1 Å². The molecule has 1 atom stereocenters. The van der Waals surface area contributed by atoms with Gasteiger partial charge in [-0.05, 0) is 36.8 Å². The van der Waals surface area contributed by atoms with Crippen LogP contribution in [-0.2, 0) is 6.42 Å². The number of urea groups is 1. The Labute approximate surface area is 114 Å². The third-order valence-corrected chi connectivity index (χ3v) is 4.46. The molecule has 0 bridgehead atoms. The summed E-state index contributed by atoms with van der Waals surface area (Å²) >= 11 is 0. The molecule has 2 aliphatic carbocycles. The van der Waals surface area contributed by atoms with Crippen molar-refractivity contribution in [3.63, 3.8) is 0 Å². The first-order valence-corrected chi connectivity index (χ1v) is 7.45. The zero-order valence-electron chi connectivity index (χ0n) is 11.3. The van der Waals surface area contributed by atoms with Crippen LogP contribution in [0.4, 0.5) is 4.79 Å². The van der Waals surface area contributed by atoms with Gasteiger partial charge < -0.3 is 10.6 Å². The van der Waals surface area contributed by atoms with Crippen LogP contribution in [-0.4, -0.2) is 18.6 Å². The average molecular weight is 258 g/mol. The van der Waals surface area contributed by atoms with E-state index >= 15 is 0 Å². The van der Waals surface area contributed by atoms with Crippen molar-refractivity contribution in [1.29, 1.82) is 0 Å². The molecule has 19 heavy (non-hydrogen) atoms. The van der Waals surface area contributed by atoms with Crippen molar-refractivity contribution in [2.75, 3.05) is 6.54 Å². The highest BCUT2D eigenvalue weighted by Gasteiger charge is 2.23. The monoisotopic (exact) mass is 258 g/mol. The summed E-state index contributed by atoms with van der Waals surface area (Å²) in [6.07, 6.45) is 7.08. The van der Waals surface area contributed by atoms with E-state index in [4.69, 9.17) is 0 Å². The quantitative estimate of drug-likeness (QED) is 0.860. The van der Waals surface area contributed by atoms with E-state index in [0.717, 1.165) is 32.2 Å². The minimum atomic E-state index is 0.0104. The molecule has 2 amide bonds. The molecule has 1 aromatic rings. The second-order valence-electron chi connectivity index (χ2n) is 5.77. The minimum absolute atomic E-state index is 0.0104. The molecule has 1 saturated carbocycles. The maximum Gasteiger partial charge on any atom is 0.315 e. The van der Waals surface area contributed by atoms with E-state index in [1.807, 2.05) is 0 Å². The van der Waals surface area contributed by atoms with Crippen LogP contribution in [0.15, 0.2) is 24.3 Å². The number of carbonyl (C=O) groups excluding carboxylic acids is 1. The van der Waals surface area contributed by atoms with Crippen LogP contribution in [0.25, 0.3) is 0 Å². The van der Waals surface area contributed by atoms with Gasteiger partial charge in [-0.2, -0.15) is 0 Å². The van der Waals surface area contributed by atoms with Gasteiger partial charge in [0.1, 0.15) is 0 Å². The molecule has 0 aliphatic heterocycles. The molecule has 3 heteroatoms. The number of hydrogen-bond acceptors (Lipinski definition) is 1. The molecule has 0 spiro atoms. The summed E-state index contributed by atoms with van der Waals surface area (Å²) in [6.45, 7) is 0.759. The predicted octanol–water partition coefficient (Wildman–Crippen LogP) is 2.96. The van der Waals surface area contributed by atoms with Crippen LogP contribution in [0.3, 0.4) is 0 Å². The van der Waals surface area contributed by atoms with Gasteiger partial charge in [-0.25, -0.2) is 4.79 Å². The average Bonchev–Trinajstić information content (AvgIpc) is 3.05. The lowest BCUT2D eigenvalue weighted by molar-refractivity contribution is 0.236. The van der Waals surface area contributed by atoms with Crippen molar-refractivity contribution >= 4 is 6.03 Å². The topological polar surface area (TPSA) is 41.1 Å². The van der Waals surface area contributed by atoms with Crippen molar-refractivity contribution in [2.45, 2.75) is 50.5 Å². The van der Waals surface area contributed by atoms with Gasteiger partial charge in [0.05, 0.1) is 0 Å². The Hall–Kier alpha value is -1.51. The molecule has 2 N–H and O–H groups in total. The predicted molar refractivity (Wildman–Crippen MR) is 76.3 cm³/mol. The van der Waals surface area contributed by atoms with Gasteiger partial charge in [0.25, 0.3) is 0 Å². The van der Waals surface area contributed by atoms with Crippen LogP contribution >= 0.6 is 0 Å². The second-order valence-corrected chi connectivity index (χ2v) is 5.77. The Kier molecular flexibility index (Phi) is 3.72. The molecule has 0 aromatic heterocycles. The van der Waals surface area contributed by atoms with E-state index in [1.165, 1.54) is 24.0 Å². The van der Waals surface area contributed by atoms with Crippen LogP contribution in [0, 0.1) is 0 Å². The van der Waals surface area contributed by atoms with Crippen molar-refractivity contribution in [1.82, 2.24) is 10.6 Å². The van der Waals surface area contributed by atoms with Gasteiger partial charge in [0, 0.05) is 18.5 Å². The fourth-order valence-corrected chi connectivity index (χ4v) is 3.38. The van der Waals surface area contributed by atoms with Crippen molar-refractivity contribution in [3.05, 3.63) is 35.4 Å². The molecule has 1 unspecified atom stereocenters. The van der Waals surface area contributed by atoms with Crippen molar-refractivity contribution in [3.8, 4) is 0 Å². The Morgan fingerprint density at radius 2 is 1.95 bits per heavy atom. The lowest BCUT2D eigenvalue weighted by Crippen LogP contribution is -2.42. The number of nitrogens with one attached hydrogen (secondary N) is 2. The lowest BCUT2D eigenvalue weighted by Gasteiger charge is -2.16. The molecule has 0 radical (unpaired) electrons. The molecule has 0 heterocycles. The van der Waals surface area contributed by atoms with E-state index < -0.39 is 0 Å². The molecular weight excluding hydrogens is 236 g/mol. The maximum atomic E-state index is 11.8. The van der Waals surface area contributed by atoms with E-state index in [0.29, 0.717) is 12.0 Å². The number of amides is 2. The van der Waals surface area contributed by atoms with Crippen molar-refractivity contribution < 1.29 is 4.79 Å². The highest BCUT2D eigenvalue weighted by molar-refractivity contribution is 5.74. The number of benzene rings is 1. The van der Waals surface area contributed by atoms with Crippen molar-refractivity contribution in [2.24, 2.45) is 0 Å². The summed E-state index contributed by atoms with van der Waals surface area (Å²) in [5, 5.41) is 6.12. The molecule has 1 fully saturated rings. The van der Waals surface area contributed by atoms with E-state index in [-0.39, 0.29) is 6.03 Å². The van der Waals surface area contributed by atoms with Crippen LogP contribution in [0.5, 0.6) is 0 Å². The Bertz CT molecular complexity index is 452. The summed E-state index contributed by atoms with van der Waals surface area (Å²) in [5.41, 5.74) is 2.87.